The Hall–Kier alpha value is -3.44. The van der Waals surface area contributed by atoms with E-state index in [4.69, 9.17) is 0 Å². The van der Waals surface area contributed by atoms with Crippen molar-refractivity contribution in [1.82, 2.24) is 19.7 Å². The van der Waals surface area contributed by atoms with E-state index in [2.05, 4.69) is 21.4 Å². The molecule has 0 fully saturated rings. The van der Waals surface area contributed by atoms with Gasteiger partial charge < -0.3 is 19.8 Å². The molecule has 1 atom stereocenters. The van der Waals surface area contributed by atoms with Gasteiger partial charge in [-0.05, 0) is 42.0 Å². The van der Waals surface area contributed by atoms with Crippen LogP contribution in [0.2, 0.25) is 0 Å². The number of nitrogens with zero attached hydrogens (tertiary/aromatic N) is 4. The predicted molar refractivity (Wildman–Crippen MR) is 104 cm³/mol. The Morgan fingerprint density at radius 1 is 1.32 bits per heavy atom. The lowest BCUT2D eigenvalue weighted by atomic mass is 10.1. The molecule has 164 valence electrons. The van der Waals surface area contributed by atoms with E-state index in [1.54, 1.807) is 0 Å². The summed E-state index contributed by atoms with van der Waals surface area (Å²) in [5.41, 5.74) is 1.40. The topological polar surface area (TPSA) is 101 Å². The van der Waals surface area contributed by atoms with Gasteiger partial charge in [-0.1, -0.05) is 6.58 Å². The Morgan fingerprint density at radius 3 is 2.58 bits per heavy atom. The number of benzene rings is 1. The van der Waals surface area contributed by atoms with Crippen LogP contribution >= 0.6 is 0 Å². The first kappa shape index (κ1) is 22.2. The van der Waals surface area contributed by atoms with Crippen LogP contribution in [0, 0.1) is 0 Å². The molecule has 0 aliphatic heterocycles. The van der Waals surface area contributed by atoms with Crippen molar-refractivity contribution >= 4 is 16.9 Å². The second kappa shape index (κ2) is 8.74. The molecule has 0 bridgehead atoms. The average Bonchev–Trinajstić information content (AvgIpc) is 3.10. The van der Waals surface area contributed by atoms with Gasteiger partial charge in [0.25, 0.3) is 0 Å². The van der Waals surface area contributed by atoms with E-state index in [9.17, 15) is 28.2 Å². The molecule has 0 unspecified atom stereocenters. The third-order valence-electron chi connectivity index (χ3n) is 4.46. The van der Waals surface area contributed by atoms with Gasteiger partial charge in [-0.15, -0.1) is 13.2 Å². The van der Waals surface area contributed by atoms with Gasteiger partial charge in [-0.2, -0.15) is 5.10 Å². The third kappa shape index (κ3) is 4.84. The normalized spacial score (nSPS) is 12.6. The molecule has 0 aliphatic rings. The summed E-state index contributed by atoms with van der Waals surface area (Å²) in [5, 5.41) is 24.5. The number of fused-ring (bicyclic) bond motifs is 1. The highest BCUT2D eigenvalue weighted by atomic mass is 19.4. The number of hydrogen-bond acceptors (Lipinski definition) is 6. The Kier molecular flexibility index (Phi) is 6.27. The predicted octanol–water partition coefficient (Wildman–Crippen LogP) is 2.49. The fourth-order valence-corrected chi connectivity index (χ4v) is 3.05. The van der Waals surface area contributed by atoms with E-state index in [-0.39, 0.29) is 12.5 Å². The summed E-state index contributed by atoms with van der Waals surface area (Å²) in [7, 11) is 1.54. The van der Waals surface area contributed by atoms with Crippen LogP contribution in [-0.4, -0.2) is 55.8 Å². The summed E-state index contributed by atoms with van der Waals surface area (Å²) < 4.78 is 42.5. The van der Waals surface area contributed by atoms with Gasteiger partial charge in [0.1, 0.15) is 11.9 Å². The average molecular weight is 436 g/mol. The van der Waals surface area contributed by atoms with Crippen LogP contribution in [0.5, 0.6) is 5.75 Å². The number of carbonyl (C=O) groups excluding carboxylic acids is 1. The summed E-state index contributed by atoms with van der Waals surface area (Å²) in [5.74, 6) is -0.752. The van der Waals surface area contributed by atoms with E-state index >= 15 is 0 Å². The van der Waals surface area contributed by atoms with Crippen molar-refractivity contribution < 1.29 is 32.9 Å². The molecule has 2 N–H and O–H groups in total. The minimum atomic E-state index is -4.81. The van der Waals surface area contributed by atoms with E-state index in [1.165, 1.54) is 41.0 Å². The van der Waals surface area contributed by atoms with Gasteiger partial charge in [-0.3, -0.25) is 4.79 Å². The number of aromatic nitrogens is 3. The molecular weight excluding hydrogens is 417 g/mol. The second-order valence-corrected chi connectivity index (χ2v) is 6.60. The summed E-state index contributed by atoms with van der Waals surface area (Å²) in [6, 6.07) is 6.53. The van der Waals surface area contributed by atoms with Crippen molar-refractivity contribution in [2.75, 3.05) is 13.7 Å². The molecule has 2 heterocycles. The Balaban J connectivity index is 2.12. The highest BCUT2D eigenvalue weighted by molar-refractivity contribution is 5.88. The number of carbonyl (C=O) groups is 1. The maximum absolute atomic E-state index is 12.4. The number of aliphatic hydroxyl groups excluding tert-OH is 2. The van der Waals surface area contributed by atoms with Crippen LogP contribution < -0.4 is 4.74 Å². The molecule has 8 nitrogen and oxygen atoms in total. The highest BCUT2D eigenvalue weighted by Crippen LogP contribution is 2.30. The zero-order valence-corrected chi connectivity index (χ0v) is 16.4. The molecule has 0 saturated heterocycles. The van der Waals surface area contributed by atoms with Crippen LogP contribution in [-0.2, 0) is 11.3 Å². The minimum Gasteiger partial charge on any atom is -0.406 e. The number of halogens is 3. The van der Waals surface area contributed by atoms with Gasteiger partial charge in [0.2, 0.25) is 5.91 Å². The minimum absolute atomic E-state index is 0.0421. The fraction of sp³-hybridized carbons (Fsp3) is 0.250. The number of likely N-dealkylation sites (N-methyl/N-ethyl adjacent to an activating group) is 1. The number of rotatable bonds is 7. The summed E-state index contributed by atoms with van der Waals surface area (Å²) in [6.07, 6.45) is -3.48. The zero-order chi connectivity index (χ0) is 22.8. The first-order valence-corrected chi connectivity index (χ1v) is 9.03. The van der Waals surface area contributed by atoms with Crippen LogP contribution in [0.15, 0.2) is 49.2 Å². The van der Waals surface area contributed by atoms with Crippen LogP contribution in [0.3, 0.4) is 0 Å². The second-order valence-electron chi connectivity index (χ2n) is 6.60. The summed E-state index contributed by atoms with van der Waals surface area (Å²) in [6.45, 7) is 2.93. The molecular formula is C20H19F3N4O4. The maximum atomic E-state index is 12.4. The molecule has 31 heavy (non-hydrogen) atoms. The third-order valence-corrected chi connectivity index (χ3v) is 4.46. The van der Waals surface area contributed by atoms with Crippen molar-refractivity contribution in [3.05, 3.63) is 60.4 Å². The first-order chi connectivity index (χ1) is 14.6. The van der Waals surface area contributed by atoms with Crippen molar-refractivity contribution in [3.63, 3.8) is 0 Å². The molecule has 2 aromatic heterocycles. The maximum Gasteiger partial charge on any atom is 0.573 e. The molecule has 0 aliphatic carbocycles. The van der Waals surface area contributed by atoms with Crippen LogP contribution in [0.25, 0.3) is 16.7 Å². The summed E-state index contributed by atoms with van der Waals surface area (Å²) in [4.78, 5) is 17.5. The molecule has 1 aromatic carbocycles. The van der Waals surface area contributed by atoms with Crippen molar-refractivity contribution in [2.45, 2.75) is 19.0 Å². The Labute approximate surface area is 174 Å². The van der Waals surface area contributed by atoms with Gasteiger partial charge >= 0.3 is 6.36 Å². The number of ether oxygens (including phenoxy) is 1. The van der Waals surface area contributed by atoms with Gasteiger partial charge in [0.05, 0.1) is 29.9 Å². The van der Waals surface area contributed by atoms with E-state index in [0.717, 1.165) is 18.2 Å². The van der Waals surface area contributed by atoms with Gasteiger partial charge in [0, 0.05) is 13.2 Å². The van der Waals surface area contributed by atoms with Crippen LogP contribution in [0.1, 0.15) is 17.4 Å². The lowest BCUT2D eigenvalue weighted by Crippen LogP contribution is -2.24. The van der Waals surface area contributed by atoms with Gasteiger partial charge in [-0.25, -0.2) is 9.67 Å². The van der Waals surface area contributed by atoms with E-state index < -0.39 is 24.8 Å². The number of aliphatic hydroxyl groups is 2. The molecule has 0 saturated carbocycles. The fourth-order valence-electron chi connectivity index (χ4n) is 3.05. The van der Waals surface area contributed by atoms with Gasteiger partial charge in [0.15, 0.2) is 5.65 Å². The standard InChI is InChI=1S/C20H19F3N4O4/c1-3-17(30)26(2)10-15-18-14(16(29)11-28)8-9-24-19(18)27(25-15)12-4-6-13(7-5-12)31-20(21,22)23/h3-9,16,28-29H,1,10-11H2,2H3/t16-/m1/s1. The monoisotopic (exact) mass is 436 g/mol. The van der Waals surface area contributed by atoms with Crippen molar-refractivity contribution in [1.29, 1.82) is 0 Å². The lowest BCUT2D eigenvalue weighted by Gasteiger charge is -2.14. The molecule has 1 amide bonds. The molecule has 3 aromatic rings. The Bertz CT molecular complexity index is 1100. The smallest absolute Gasteiger partial charge is 0.406 e. The Morgan fingerprint density at radius 2 is 2.00 bits per heavy atom. The lowest BCUT2D eigenvalue weighted by molar-refractivity contribution is -0.274. The quantitative estimate of drug-likeness (QED) is 0.552. The van der Waals surface area contributed by atoms with Crippen molar-refractivity contribution in [2.24, 2.45) is 0 Å². The molecule has 0 spiro atoms. The van der Waals surface area contributed by atoms with E-state index in [0.29, 0.717) is 28.0 Å². The number of pyridine rings is 1. The summed E-state index contributed by atoms with van der Waals surface area (Å²) >= 11 is 0. The number of alkyl halides is 3. The largest absolute Gasteiger partial charge is 0.573 e. The highest BCUT2D eigenvalue weighted by Gasteiger charge is 2.31. The molecule has 3 rings (SSSR count). The van der Waals surface area contributed by atoms with Crippen LogP contribution in [0.4, 0.5) is 13.2 Å². The number of amides is 1. The molecule has 11 heteroatoms. The zero-order valence-electron chi connectivity index (χ0n) is 16.4. The SMILES string of the molecule is C=CC(=O)N(C)Cc1nn(-c2ccc(OC(F)(F)F)cc2)c2nccc([C@H](O)CO)c12. The van der Waals surface area contributed by atoms with E-state index in [1.807, 2.05) is 0 Å². The van der Waals surface area contributed by atoms with Crippen molar-refractivity contribution in [3.8, 4) is 11.4 Å². The number of hydrogen-bond donors (Lipinski definition) is 2. The molecule has 0 radical (unpaired) electrons. The first-order valence-electron chi connectivity index (χ1n) is 9.03.